The predicted molar refractivity (Wildman–Crippen MR) is 86.4 cm³/mol. The summed E-state index contributed by atoms with van der Waals surface area (Å²) in [6.07, 6.45) is 1.54. The van der Waals surface area contributed by atoms with Crippen LogP contribution in [0.1, 0.15) is 41.3 Å². The molecule has 0 radical (unpaired) electrons. The van der Waals surface area contributed by atoms with Gasteiger partial charge in [0.1, 0.15) is 0 Å². The van der Waals surface area contributed by atoms with Gasteiger partial charge in [0.2, 0.25) is 0 Å². The van der Waals surface area contributed by atoms with Gasteiger partial charge >= 0.3 is 0 Å². The van der Waals surface area contributed by atoms with Crippen LogP contribution in [-0.2, 0) is 5.75 Å². The molecule has 0 amide bonds. The van der Waals surface area contributed by atoms with E-state index in [9.17, 15) is 4.79 Å². The van der Waals surface area contributed by atoms with Crippen molar-refractivity contribution in [2.24, 2.45) is 0 Å². The Morgan fingerprint density at radius 3 is 2.40 bits per heavy atom. The number of carbonyl (C=O) groups is 1. The highest BCUT2D eigenvalue weighted by Crippen LogP contribution is 2.24. The Hall–Kier alpha value is -1.54. The molecule has 0 unspecified atom stereocenters. The SMILES string of the molecule is CCCC(=O)c1ccc(SCc2ccccc2C)cc1. The molecule has 0 aliphatic heterocycles. The maximum absolute atomic E-state index is 11.8. The molecule has 0 N–H and O–H groups in total. The zero-order chi connectivity index (χ0) is 14.4. The van der Waals surface area contributed by atoms with Crippen LogP contribution in [0.2, 0.25) is 0 Å². The average molecular weight is 284 g/mol. The van der Waals surface area contributed by atoms with Gasteiger partial charge in [-0.2, -0.15) is 0 Å². The van der Waals surface area contributed by atoms with Crippen LogP contribution in [-0.4, -0.2) is 5.78 Å². The van der Waals surface area contributed by atoms with Crippen molar-refractivity contribution >= 4 is 17.5 Å². The first-order valence-electron chi connectivity index (χ1n) is 7.01. The van der Waals surface area contributed by atoms with Crippen molar-refractivity contribution < 1.29 is 4.79 Å². The highest BCUT2D eigenvalue weighted by atomic mass is 32.2. The summed E-state index contributed by atoms with van der Waals surface area (Å²) in [6, 6.07) is 16.4. The first-order valence-corrected chi connectivity index (χ1v) is 8.00. The molecule has 0 aliphatic rings. The topological polar surface area (TPSA) is 17.1 Å². The lowest BCUT2D eigenvalue weighted by Gasteiger charge is -2.06. The highest BCUT2D eigenvalue weighted by molar-refractivity contribution is 7.98. The lowest BCUT2D eigenvalue weighted by molar-refractivity contribution is 0.0981. The van der Waals surface area contributed by atoms with Gasteiger partial charge in [0.05, 0.1) is 0 Å². The summed E-state index contributed by atoms with van der Waals surface area (Å²) in [5, 5.41) is 0. The fraction of sp³-hybridized carbons (Fsp3) is 0.278. The second kappa shape index (κ2) is 7.30. The van der Waals surface area contributed by atoms with Gasteiger partial charge in [0.15, 0.2) is 5.78 Å². The Morgan fingerprint density at radius 1 is 1.05 bits per heavy atom. The summed E-state index contributed by atoms with van der Waals surface area (Å²) < 4.78 is 0. The van der Waals surface area contributed by atoms with E-state index in [0.717, 1.165) is 17.7 Å². The monoisotopic (exact) mass is 284 g/mol. The van der Waals surface area contributed by atoms with E-state index in [-0.39, 0.29) is 5.78 Å². The Morgan fingerprint density at radius 2 is 1.75 bits per heavy atom. The summed E-state index contributed by atoms with van der Waals surface area (Å²) in [6.45, 7) is 4.17. The number of carbonyl (C=O) groups excluding carboxylic acids is 1. The predicted octanol–water partition coefficient (Wildman–Crippen LogP) is 5.27. The van der Waals surface area contributed by atoms with Gasteiger partial charge < -0.3 is 0 Å². The molecule has 2 aromatic carbocycles. The Kier molecular flexibility index (Phi) is 5.42. The van der Waals surface area contributed by atoms with E-state index in [1.807, 2.05) is 43.0 Å². The van der Waals surface area contributed by atoms with Crippen molar-refractivity contribution in [1.29, 1.82) is 0 Å². The van der Waals surface area contributed by atoms with E-state index in [2.05, 4.69) is 31.2 Å². The molecule has 0 saturated heterocycles. The number of hydrogen-bond donors (Lipinski definition) is 0. The van der Waals surface area contributed by atoms with Gasteiger partial charge in [-0.1, -0.05) is 43.3 Å². The van der Waals surface area contributed by atoms with E-state index in [1.54, 1.807) is 0 Å². The summed E-state index contributed by atoms with van der Waals surface area (Å²) >= 11 is 1.81. The quantitative estimate of drug-likeness (QED) is 0.531. The molecule has 0 aliphatic carbocycles. The highest BCUT2D eigenvalue weighted by Gasteiger charge is 2.04. The van der Waals surface area contributed by atoms with Crippen LogP contribution in [0, 0.1) is 6.92 Å². The van der Waals surface area contributed by atoms with Crippen molar-refractivity contribution in [3.63, 3.8) is 0 Å². The fourth-order valence-corrected chi connectivity index (χ4v) is 3.02. The van der Waals surface area contributed by atoms with Crippen molar-refractivity contribution in [3.05, 3.63) is 65.2 Å². The van der Waals surface area contributed by atoms with Crippen LogP contribution in [0.15, 0.2) is 53.4 Å². The van der Waals surface area contributed by atoms with Crippen molar-refractivity contribution in [3.8, 4) is 0 Å². The third kappa shape index (κ3) is 3.97. The summed E-state index contributed by atoms with van der Waals surface area (Å²) in [5.41, 5.74) is 3.52. The second-order valence-electron chi connectivity index (χ2n) is 4.91. The van der Waals surface area contributed by atoms with E-state index in [1.165, 1.54) is 16.0 Å². The molecular weight excluding hydrogens is 264 g/mol. The molecule has 0 aromatic heterocycles. The van der Waals surface area contributed by atoms with Gasteiger partial charge in [0, 0.05) is 22.6 Å². The van der Waals surface area contributed by atoms with Crippen LogP contribution in [0.4, 0.5) is 0 Å². The molecule has 1 nitrogen and oxygen atoms in total. The summed E-state index contributed by atoms with van der Waals surface area (Å²) in [5.74, 6) is 1.21. The van der Waals surface area contributed by atoms with E-state index >= 15 is 0 Å². The summed E-state index contributed by atoms with van der Waals surface area (Å²) in [4.78, 5) is 13.0. The first kappa shape index (κ1) is 14.9. The third-order valence-corrected chi connectivity index (χ3v) is 4.37. The van der Waals surface area contributed by atoms with Crippen LogP contribution >= 0.6 is 11.8 Å². The molecule has 2 aromatic rings. The lowest BCUT2D eigenvalue weighted by atomic mass is 10.1. The number of hydrogen-bond acceptors (Lipinski definition) is 2. The van der Waals surface area contributed by atoms with Gasteiger partial charge in [0.25, 0.3) is 0 Å². The van der Waals surface area contributed by atoms with Crippen molar-refractivity contribution in [2.45, 2.75) is 37.3 Å². The zero-order valence-electron chi connectivity index (χ0n) is 12.1. The molecule has 20 heavy (non-hydrogen) atoms. The average Bonchev–Trinajstić information content (AvgIpc) is 2.47. The van der Waals surface area contributed by atoms with Crippen molar-refractivity contribution in [2.75, 3.05) is 0 Å². The molecule has 2 heteroatoms. The molecule has 0 spiro atoms. The van der Waals surface area contributed by atoms with Gasteiger partial charge in [-0.15, -0.1) is 11.8 Å². The lowest BCUT2D eigenvalue weighted by Crippen LogP contribution is -1.97. The molecule has 0 bridgehead atoms. The number of rotatable bonds is 6. The maximum Gasteiger partial charge on any atom is 0.162 e. The van der Waals surface area contributed by atoms with Crippen LogP contribution in [0.5, 0.6) is 0 Å². The minimum absolute atomic E-state index is 0.239. The van der Waals surface area contributed by atoms with E-state index < -0.39 is 0 Å². The smallest absolute Gasteiger partial charge is 0.162 e. The van der Waals surface area contributed by atoms with Gasteiger partial charge in [-0.25, -0.2) is 0 Å². The largest absolute Gasteiger partial charge is 0.294 e. The fourth-order valence-electron chi connectivity index (χ4n) is 2.04. The van der Waals surface area contributed by atoms with Crippen LogP contribution < -0.4 is 0 Å². The van der Waals surface area contributed by atoms with Gasteiger partial charge in [-0.3, -0.25) is 4.79 Å². The standard InChI is InChI=1S/C18H20OS/c1-3-6-18(19)15-9-11-17(12-10-15)20-13-16-8-5-4-7-14(16)2/h4-5,7-12H,3,6,13H2,1-2H3. The molecule has 0 saturated carbocycles. The summed E-state index contributed by atoms with van der Waals surface area (Å²) in [7, 11) is 0. The molecule has 2 rings (SSSR count). The number of ketones is 1. The van der Waals surface area contributed by atoms with E-state index in [4.69, 9.17) is 0 Å². The third-order valence-electron chi connectivity index (χ3n) is 3.31. The molecule has 0 heterocycles. The minimum atomic E-state index is 0.239. The first-order chi connectivity index (χ1) is 9.70. The van der Waals surface area contributed by atoms with Crippen LogP contribution in [0.25, 0.3) is 0 Å². The van der Waals surface area contributed by atoms with Gasteiger partial charge in [-0.05, 0) is 36.6 Å². The maximum atomic E-state index is 11.8. The number of aryl methyl sites for hydroxylation is 1. The molecular formula is C18H20OS. The molecule has 0 atom stereocenters. The molecule has 104 valence electrons. The Balaban J connectivity index is 1.98. The van der Waals surface area contributed by atoms with E-state index in [0.29, 0.717) is 6.42 Å². The van der Waals surface area contributed by atoms with Crippen molar-refractivity contribution in [1.82, 2.24) is 0 Å². The number of Topliss-reactive ketones (excluding diaryl/α,β-unsaturated/α-hetero) is 1. The zero-order valence-corrected chi connectivity index (χ0v) is 12.9. The Labute approximate surface area is 125 Å². The normalized spacial score (nSPS) is 10.5. The minimum Gasteiger partial charge on any atom is -0.294 e. The Bertz CT molecular complexity index is 572. The van der Waals surface area contributed by atoms with Crippen LogP contribution in [0.3, 0.4) is 0 Å². The number of benzene rings is 2. The second-order valence-corrected chi connectivity index (χ2v) is 5.96. The molecule has 0 fully saturated rings. The number of thioether (sulfide) groups is 1.